The van der Waals surface area contributed by atoms with E-state index in [0.29, 0.717) is 22.7 Å². The second kappa shape index (κ2) is 16.2. The zero-order valence-corrected chi connectivity index (χ0v) is 28.8. The second-order valence-corrected chi connectivity index (χ2v) is 13.0. The molecule has 0 spiro atoms. The number of methoxy groups -OCH3 is 1. The number of urea groups is 1. The van der Waals surface area contributed by atoms with Gasteiger partial charge >= 0.3 is 6.03 Å². The summed E-state index contributed by atoms with van der Waals surface area (Å²) in [6.07, 6.45) is 4.43. The number of allylic oxidation sites excluding steroid dienone is 4. The fraction of sp³-hybridized carbons (Fsp3) is 0.486. The van der Waals surface area contributed by atoms with Gasteiger partial charge in [0.25, 0.3) is 0 Å². The minimum atomic E-state index is -0.644. The third-order valence-corrected chi connectivity index (χ3v) is 6.99. The van der Waals surface area contributed by atoms with Crippen LogP contribution in [0.15, 0.2) is 53.4 Å². The predicted octanol–water partition coefficient (Wildman–Crippen LogP) is 8.08. The second-order valence-electron chi connectivity index (χ2n) is 13.0. The highest BCUT2D eigenvalue weighted by Gasteiger charge is 2.24. The molecule has 0 atom stereocenters. The van der Waals surface area contributed by atoms with E-state index < -0.39 is 11.8 Å². The average Bonchev–Trinajstić information content (AvgIpc) is 2.91. The summed E-state index contributed by atoms with van der Waals surface area (Å²) in [5, 5.41) is 5.19. The summed E-state index contributed by atoms with van der Waals surface area (Å²) in [6.45, 7) is 21.7. The van der Waals surface area contributed by atoms with Gasteiger partial charge in [-0.25, -0.2) is 14.2 Å². The first-order valence-corrected chi connectivity index (χ1v) is 14.8. The van der Waals surface area contributed by atoms with Gasteiger partial charge in [0.2, 0.25) is 11.8 Å². The van der Waals surface area contributed by atoms with Crippen molar-refractivity contribution in [1.29, 1.82) is 0 Å². The summed E-state index contributed by atoms with van der Waals surface area (Å²) in [5.41, 5.74) is 3.62. The number of nitrogens with zero attached hydrogens (tertiary/aromatic N) is 2. The van der Waals surface area contributed by atoms with Crippen molar-refractivity contribution in [3.8, 4) is 17.0 Å². The fourth-order valence-electron chi connectivity index (χ4n) is 4.05. The van der Waals surface area contributed by atoms with E-state index in [0.717, 1.165) is 29.7 Å². The number of aromatic nitrogens is 1. The number of hydrogen-bond donors (Lipinski definition) is 2. The number of ketones is 1. The number of benzene rings is 1. The summed E-state index contributed by atoms with van der Waals surface area (Å²) >= 11 is 0. The zero-order chi connectivity index (χ0) is 34.0. The van der Waals surface area contributed by atoms with Crippen LogP contribution < -0.4 is 15.4 Å². The Bertz CT molecular complexity index is 1380. The number of nitrogens with one attached hydrogen (secondary N) is 2. The molecule has 0 aliphatic carbocycles. The number of hydrogen-bond acceptors (Lipinski definition) is 5. The molecule has 8 nitrogen and oxygen atoms in total. The Morgan fingerprint density at radius 2 is 1.64 bits per heavy atom. The van der Waals surface area contributed by atoms with Gasteiger partial charge in [0.15, 0.2) is 5.78 Å². The van der Waals surface area contributed by atoms with E-state index in [1.54, 1.807) is 43.2 Å². The van der Waals surface area contributed by atoms with Crippen LogP contribution in [0.1, 0.15) is 81.2 Å². The number of carbonyl (C=O) groups is 3. The van der Waals surface area contributed by atoms with E-state index >= 15 is 0 Å². The molecule has 0 saturated carbocycles. The maximum atomic E-state index is 14.6. The number of halogens is 1. The lowest BCUT2D eigenvalue weighted by Gasteiger charge is -2.25. The van der Waals surface area contributed by atoms with Gasteiger partial charge in [0.1, 0.15) is 5.82 Å². The van der Waals surface area contributed by atoms with Crippen LogP contribution in [0.2, 0.25) is 0 Å². The molecule has 0 radical (unpaired) electrons. The number of carbonyl (C=O) groups excluding carboxylic acids is 3. The molecule has 0 aliphatic heterocycles. The van der Waals surface area contributed by atoms with E-state index in [1.165, 1.54) is 20.1 Å². The van der Waals surface area contributed by atoms with Crippen LogP contribution in [-0.4, -0.2) is 48.3 Å². The number of rotatable bonds is 8. The smallest absolute Gasteiger partial charge is 0.323 e. The third-order valence-electron chi connectivity index (χ3n) is 6.99. The minimum absolute atomic E-state index is 0.0162. The zero-order valence-electron chi connectivity index (χ0n) is 28.8. The number of ether oxygens (including phenoxy) is 1. The van der Waals surface area contributed by atoms with Crippen LogP contribution in [0.5, 0.6) is 5.88 Å². The van der Waals surface area contributed by atoms with Crippen molar-refractivity contribution in [2.75, 3.05) is 26.0 Å². The number of Topliss-reactive ketones (excluding diaryl/α,β-unsaturated/α-hetero) is 1. The molecule has 2 rings (SSSR count). The van der Waals surface area contributed by atoms with Gasteiger partial charge in [-0.3, -0.25) is 9.59 Å². The highest BCUT2D eigenvalue weighted by atomic mass is 19.1. The van der Waals surface area contributed by atoms with Gasteiger partial charge in [0, 0.05) is 48.1 Å². The van der Waals surface area contributed by atoms with Crippen LogP contribution in [0.25, 0.3) is 11.1 Å². The van der Waals surface area contributed by atoms with Gasteiger partial charge in [-0.05, 0) is 68.9 Å². The molecular formula is C35H51FN4O4. The van der Waals surface area contributed by atoms with Crippen LogP contribution in [0.3, 0.4) is 0 Å². The third kappa shape index (κ3) is 11.6. The van der Waals surface area contributed by atoms with Crippen LogP contribution in [-0.2, 0) is 9.59 Å². The lowest BCUT2D eigenvalue weighted by Crippen LogP contribution is -2.36. The normalized spacial score (nSPS) is 12.4. The molecule has 0 aliphatic rings. The Hall–Kier alpha value is -4.01. The minimum Gasteiger partial charge on any atom is -0.481 e. The number of amides is 3. The molecular weight excluding hydrogens is 559 g/mol. The SMILES string of the molecule is CCCN(C)C(=O)C(C)(C)C.COc1ccc(-c2cc(NC(=O)N/C(C)=C(/C=C(\C)C(C)(C)C)C(C)=O)c(F)cc2C)cn1. The van der Waals surface area contributed by atoms with Crippen molar-refractivity contribution in [2.45, 2.75) is 82.6 Å². The standard InChI is InChI=1S/C26H32FN3O3.C9H19NO/c1-15-11-22(27)23(13-20(15)19-9-10-24(33-8)28-14-19)30-25(32)29-17(3)21(18(4)31)12-16(2)26(5,6)7;1-6-7-10(5)8(11)9(2,3)4/h9-14H,1-8H3,(H2,29,30,32);6-7H2,1-5H3/b16-12+,21-17-;. The molecule has 3 amide bonds. The van der Waals surface area contributed by atoms with Crippen molar-refractivity contribution < 1.29 is 23.5 Å². The Morgan fingerprint density at radius 3 is 2.09 bits per heavy atom. The molecule has 1 aromatic carbocycles. The van der Waals surface area contributed by atoms with Crippen LogP contribution in [0, 0.1) is 23.6 Å². The maximum absolute atomic E-state index is 14.6. The van der Waals surface area contributed by atoms with Crippen molar-refractivity contribution in [3.63, 3.8) is 0 Å². The summed E-state index contributed by atoms with van der Waals surface area (Å²) in [5.74, 6) is -0.0492. The largest absolute Gasteiger partial charge is 0.481 e. The first-order chi connectivity index (χ1) is 20.2. The molecule has 2 N–H and O–H groups in total. The van der Waals surface area contributed by atoms with E-state index in [2.05, 4.69) is 22.5 Å². The van der Waals surface area contributed by atoms with E-state index in [-0.39, 0.29) is 28.2 Å². The quantitative estimate of drug-likeness (QED) is 0.232. The number of anilines is 1. The summed E-state index contributed by atoms with van der Waals surface area (Å²) in [7, 11) is 3.39. The average molecular weight is 611 g/mol. The van der Waals surface area contributed by atoms with E-state index in [4.69, 9.17) is 4.74 Å². The number of aryl methyl sites for hydroxylation is 1. The van der Waals surface area contributed by atoms with E-state index in [1.807, 2.05) is 61.6 Å². The first-order valence-electron chi connectivity index (χ1n) is 14.8. The molecule has 2 aromatic rings. The Kier molecular flexibility index (Phi) is 14.0. The van der Waals surface area contributed by atoms with Crippen LogP contribution >= 0.6 is 0 Å². The molecule has 44 heavy (non-hydrogen) atoms. The molecule has 1 aromatic heterocycles. The fourth-order valence-corrected chi connectivity index (χ4v) is 4.05. The topological polar surface area (TPSA) is 101 Å². The molecule has 0 saturated heterocycles. The van der Waals surface area contributed by atoms with Gasteiger partial charge in [-0.2, -0.15) is 0 Å². The summed E-state index contributed by atoms with van der Waals surface area (Å²) < 4.78 is 19.7. The van der Waals surface area contributed by atoms with Gasteiger partial charge in [-0.1, -0.05) is 60.1 Å². The van der Waals surface area contributed by atoms with Crippen LogP contribution in [0.4, 0.5) is 14.9 Å². The monoisotopic (exact) mass is 610 g/mol. The molecule has 0 bridgehead atoms. The van der Waals surface area contributed by atoms with Crippen molar-refractivity contribution in [1.82, 2.24) is 15.2 Å². The van der Waals surface area contributed by atoms with Crippen molar-refractivity contribution in [2.24, 2.45) is 10.8 Å². The van der Waals surface area contributed by atoms with Gasteiger partial charge in [-0.15, -0.1) is 0 Å². The molecule has 0 unspecified atom stereocenters. The molecule has 1 heterocycles. The summed E-state index contributed by atoms with van der Waals surface area (Å²) in [6, 6.07) is 5.79. The number of pyridine rings is 1. The molecule has 9 heteroatoms. The Labute approximate surface area is 263 Å². The summed E-state index contributed by atoms with van der Waals surface area (Å²) in [4.78, 5) is 42.3. The van der Waals surface area contributed by atoms with E-state index in [9.17, 15) is 18.8 Å². The van der Waals surface area contributed by atoms with Crippen molar-refractivity contribution in [3.05, 3.63) is 64.8 Å². The lowest BCUT2D eigenvalue weighted by atomic mass is 9.86. The Balaban J connectivity index is 0.000000747. The molecule has 242 valence electrons. The molecule has 0 fully saturated rings. The van der Waals surface area contributed by atoms with Crippen molar-refractivity contribution >= 4 is 23.4 Å². The Morgan fingerprint density at radius 1 is 1.02 bits per heavy atom. The van der Waals surface area contributed by atoms with Gasteiger partial charge in [0.05, 0.1) is 12.8 Å². The highest BCUT2D eigenvalue weighted by Crippen LogP contribution is 2.30. The lowest BCUT2D eigenvalue weighted by molar-refractivity contribution is -0.138. The maximum Gasteiger partial charge on any atom is 0.323 e. The highest BCUT2D eigenvalue weighted by molar-refractivity contribution is 5.99. The first kappa shape index (κ1) is 38.0. The van der Waals surface area contributed by atoms with Gasteiger partial charge < -0.3 is 20.3 Å². The predicted molar refractivity (Wildman–Crippen MR) is 177 cm³/mol.